The second-order valence-corrected chi connectivity index (χ2v) is 5.59. The van der Waals surface area contributed by atoms with Gasteiger partial charge in [-0.15, -0.1) is 0 Å². The molecular weight excluding hydrogens is 220 g/mol. The van der Waals surface area contributed by atoms with Gasteiger partial charge in [0.25, 0.3) is 0 Å². The molecule has 1 aromatic heterocycles. The van der Waals surface area contributed by atoms with Gasteiger partial charge in [-0.1, -0.05) is 11.6 Å². The van der Waals surface area contributed by atoms with Crippen LogP contribution < -0.4 is 5.73 Å². The second kappa shape index (κ2) is 4.36. The molecular formula is C16H20N2. The van der Waals surface area contributed by atoms with E-state index in [4.69, 9.17) is 10.7 Å². The van der Waals surface area contributed by atoms with Crippen LogP contribution in [0.2, 0.25) is 0 Å². The molecule has 1 aliphatic carbocycles. The van der Waals surface area contributed by atoms with Gasteiger partial charge in [0.05, 0.1) is 5.52 Å². The largest absolute Gasteiger partial charge is 0.330 e. The van der Waals surface area contributed by atoms with Crippen LogP contribution in [0.15, 0.2) is 18.2 Å². The maximum atomic E-state index is 5.80. The Labute approximate surface area is 108 Å². The van der Waals surface area contributed by atoms with E-state index in [1.165, 1.54) is 39.7 Å². The van der Waals surface area contributed by atoms with Gasteiger partial charge in [-0.2, -0.15) is 0 Å². The van der Waals surface area contributed by atoms with Gasteiger partial charge >= 0.3 is 0 Å². The molecule has 3 rings (SSSR count). The number of nitrogens with two attached hydrogens (primary N) is 1. The Morgan fingerprint density at radius 1 is 1.28 bits per heavy atom. The third-order valence-corrected chi connectivity index (χ3v) is 4.05. The lowest BCUT2D eigenvalue weighted by Gasteiger charge is -2.23. The second-order valence-electron chi connectivity index (χ2n) is 5.59. The van der Waals surface area contributed by atoms with Gasteiger partial charge in [0, 0.05) is 11.1 Å². The quantitative estimate of drug-likeness (QED) is 0.832. The third-order valence-electron chi connectivity index (χ3n) is 4.05. The Morgan fingerprint density at radius 2 is 2.11 bits per heavy atom. The Morgan fingerprint density at radius 3 is 2.89 bits per heavy atom. The molecule has 0 spiro atoms. The van der Waals surface area contributed by atoms with Crippen molar-refractivity contribution in [3.8, 4) is 0 Å². The van der Waals surface area contributed by atoms with Crippen LogP contribution in [-0.4, -0.2) is 11.5 Å². The van der Waals surface area contributed by atoms with Crippen molar-refractivity contribution in [1.29, 1.82) is 0 Å². The first-order valence-electron chi connectivity index (χ1n) is 6.77. The molecule has 0 bridgehead atoms. The average Bonchev–Trinajstić information content (AvgIpc) is 2.36. The Hall–Kier alpha value is -1.41. The lowest BCUT2D eigenvalue weighted by molar-refractivity contribution is 0.464. The molecule has 0 saturated heterocycles. The summed E-state index contributed by atoms with van der Waals surface area (Å²) in [5.41, 5.74) is 12.3. The van der Waals surface area contributed by atoms with Crippen molar-refractivity contribution >= 4 is 10.9 Å². The molecule has 2 heteroatoms. The van der Waals surface area contributed by atoms with Gasteiger partial charge in [-0.05, 0) is 68.8 Å². The number of hydrogen-bond donors (Lipinski definition) is 1. The summed E-state index contributed by atoms with van der Waals surface area (Å²) in [5.74, 6) is 0.641. The predicted molar refractivity (Wildman–Crippen MR) is 75.8 cm³/mol. The van der Waals surface area contributed by atoms with Crippen molar-refractivity contribution in [3.63, 3.8) is 0 Å². The van der Waals surface area contributed by atoms with Crippen LogP contribution >= 0.6 is 0 Å². The molecule has 0 saturated carbocycles. The lowest BCUT2D eigenvalue weighted by atomic mass is 9.86. The number of hydrogen-bond acceptors (Lipinski definition) is 2. The maximum Gasteiger partial charge on any atom is 0.0734 e. The summed E-state index contributed by atoms with van der Waals surface area (Å²) in [6.45, 7) is 5.10. The van der Waals surface area contributed by atoms with Crippen LogP contribution in [0, 0.1) is 19.8 Å². The summed E-state index contributed by atoms with van der Waals surface area (Å²) in [6, 6.07) is 6.79. The summed E-state index contributed by atoms with van der Waals surface area (Å²) in [6.07, 6.45) is 3.37. The third kappa shape index (κ3) is 1.91. The summed E-state index contributed by atoms with van der Waals surface area (Å²) >= 11 is 0. The Bertz CT molecular complexity index is 602. The zero-order valence-electron chi connectivity index (χ0n) is 11.2. The molecule has 1 atom stereocenters. The van der Waals surface area contributed by atoms with E-state index < -0.39 is 0 Å². The molecule has 2 nitrogen and oxygen atoms in total. The van der Waals surface area contributed by atoms with Gasteiger partial charge < -0.3 is 5.73 Å². The number of pyridine rings is 1. The van der Waals surface area contributed by atoms with Gasteiger partial charge in [0.2, 0.25) is 0 Å². The van der Waals surface area contributed by atoms with E-state index in [-0.39, 0.29) is 0 Å². The van der Waals surface area contributed by atoms with E-state index in [1.807, 2.05) is 0 Å². The van der Waals surface area contributed by atoms with E-state index >= 15 is 0 Å². The van der Waals surface area contributed by atoms with E-state index in [0.29, 0.717) is 5.92 Å². The van der Waals surface area contributed by atoms with Crippen molar-refractivity contribution < 1.29 is 0 Å². The Kier molecular flexibility index (Phi) is 2.83. The summed E-state index contributed by atoms with van der Waals surface area (Å²) < 4.78 is 0. The summed E-state index contributed by atoms with van der Waals surface area (Å²) in [4.78, 5) is 4.88. The molecule has 0 amide bonds. The molecule has 1 aromatic carbocycles. The molecule has 1 heterocycles. The number of aryl methyl sites for hydroxylation is 3. The molecule has 0 radical (unpaired) electrons. The number of rotatable bonds is 1. The lowest BCUT2D eigenvalue weighted by Crippen LogP contribution is -2.22. The van der Waals surface area contributed by atoms with Crippen LogP contribution in [0.1, 0.15) is 28.8 Å². The Balaban J connectivity index is 2.16. The molecule has 0 fully saturated rings. The first-order valence-corrected chi connectivity index (χ1v) is 6.77. The highest BCUT2D eigenvalue weighted by Gasteiger charge is 2.19. The van der Waals surface area contributed by atoms with Gasteiger partial charge in [0.1, 0.15) is 0 Å². The number of nitrogens with zero attached hydrogens (tertiary/aromatic N) is 1. The minimum absolute atomic E-state index is 0.641. The first-order chi connectivity index (χ1) is 8.67. The number of aromatic nitrogens is 1. The SMILES string of the molecule is Cc1cc(C)c2nc3c(cc2c1)CC(CN)CC3. The number of benzene rings is 1. The van der Waals surface area contributed by atoms with Gasteiger partial charge in [0.15, 0.2) is 0 Å². The smallest absolute Gasteiger partial charge is 0.0734 e. The highest BCUT2D eigenvalue weighted by Crippen LogP contribution is 2.28. The van der Waals surface area contributed by atoms with Crippen LogP contribution in [-0.2, 0) is 12.8 Å². The topological polar surface area (TPSA) is 38.9 Å². The molecule has 0 aliphatic heterocycles. The van der Waals surface area contributed by atoms with Crippen LogP contribution in [0.4, 0.5) is 0 Å². The van der Waals surface area contributed by atoms with Gasteiger partial charge in [-0.3, -0.25) is 4.98 Å². The minimum atomic E-state index is 0.641. The maximum absolute atomic E-state index is 5.80. The van der Waals surface area contributed by atoms with E-state index in [0.717, 1.165) is 19.4 Å². The van der Waals surface area contributed by atoms with E-state index in [2.05, 4.69) is 32.0 Å². The molecule has 18 heavy (non-hydrogen) atoms. The standard InChI is InChI=1S/C16H20N2/c1-10-5-11(2)16-14(6-10)8-13-7-12(9-17)3-4-15(13)18-16/h5-6,8,12H,3-4,7,9,17H2,1-2H3. The molecule has 2 aromatic rings. The normalized spacial score (nSPS) is 18.9. The van der Waals surface area contributed by atoms with Crippen LogP contribution in [0.5, 0.6) is 0 Å². The fourth-order valence-corrected chi connectivity index (χ4v) is 3.08. The monoisotopic (exact) mass is 240 g/mol. The van der Waals surface area contributed by atoms with Crippen molar-refractivity contribution in [2.24, 2.45) is 11.7 Å². The highest BCUT2D eigenvalue weighted by atomic mass is 14.7. The zero-order valence-corrected chi connectivity index (χ0v) is 11.2. The van der Waals surface area contributed by atoms with Gasteiger partial charge in [-0.25, -0.2) is 0 Å². The van der Waals surface area contributed by atoms with Crippen molar-refractivity contribution in [3.05, 3.63) is 40.6 Å². The minimum Gasteiger partial charge on any atom is -0.330 e. The van der Waals surface area contributed by atoms with Crippen LogP contribution in [0.3, 0.4) is 0 Å². The summed E-state index contributed by atoms with van der Waals surface area (Å²) in [7, 11) is 0. The molecule has 1 unspecified atom stereocenters. The van der Waals surface area contributed by atoms with Crippen molar-refractivity contribution in [2.75, 3.05) is 6.54 Å². The van der Waals surface area contributed by atoms with E-state index in [1.54, 1.807) is 0 Å². The van der Waals surface area contributed by atoms with Crippen LogP contribution in [0.25, 0.3) is 10.9 Å². The molecule has 1 aliphatic rings. The number of fused-ring (bicyclic) bond motifs is 2. The average molecular weight is 240 g/mol. The van der Waals surface area contributed by atoms with E-state index in [9.17, 15) is 0 Å². The predicted octanol–water partition coefficient (Wildman–Crippen LogP) is 2.92. The first kappa shape index (κ1) is 11.7. The molecule has 2 N–H and O–H groups in total. The zero-order chi connectivity index (χ0) is 12.7. The van der Waals surface area contributed by atoms with Crippen molar-refractivity contribution in [2.45, 2.75) is 33.1 Å². The molecule has 94 valence electrons. The fraction of sp³-hybridized carbons (Fsp3) is 0.438. The fourth-order valence-electron chi connectivity index (χ4n) is 3.08. The highest BCUT2D eigenvalue weighted by molar-refractivity contribution is 5.83. The van der Waals surface area contributed by atoms with Crippen molar-refractivity contribution in [1.82, 2.24) is 4.98 Å². The summed E-state index contributed by atoms with van der Waals surface area (Å²) in [5, 5.41) is 1.28.